The van der Waals surface area contributed by atoms with Crippen LogP contribution in [0.25, 0.3) is 0 Å². The standard InChI is InChI=1S/C36H45Cl2N5O2/c1-4-41(5-2)25-34(30-12-8-9-13-31(30)38)42-18-20-43(21-19-42)36(45)32(22-26-14-16-28(37)17-15-26)39-35(44)23-33-29-11-7-6-10-27(29)24-40(33)3/h6-17,32-34H,4-5,18-25H2,1-3H3,(H,39,44). The van der Waals surface area contributed by atoms with E-state index in [9.17, 15) is 9.59 Å². The summed E-state index contributed by atoms with van der Waals surface area (Å²) in [4.78, 5) is 36.6. The van der Waals surface area contributed by atoms with Crippen molar-refractivity contribution in [3.05, 3.63) is 105 Å². The van der Waals surface area contributed by atoms with Crippen LogP contribution in [0.1, 0.15) is 54.6 Å². The van der Waals surface area contributed by atoms with Gasteiger partial charge in [-0.15, -0.1) is 0 Å². The zero-order valence-corrected chi connectivity index (χ0v) is 28.1. The van der Waals surface area contributed by atoms with Crippen molar-refractivity contribution in [3.8, 4) is 0 Å². The van der Waals surface area contributed by atoms with Gasteiger partial charge in [0.1, 0.15) is 6.04 Å². The molecule has 0 saturated carbocycles. The molecule has 3 aromatic rings. The van der Waals surface area contributed by atoms with Gasteiger partial charge in [-0.25, -0.2) is 0 Å². The summed E-state index contributed by atoms with van der Waals surface area (Å²) >= 11 is 12.8. The molecule has 0 spiro atoms. The lowest BCUT2D eigenvalue weighted by Crippen LogP contribution is -2.56. The Morgan fingerprint density at radius 3 is 2.27 bits per heavy atom. The molecule has 9 heteroatoms. The van der Waals surface area contributed by atoms with E-state index in [0.29, 0.717) is 31.0 Å². The molecule has 2 heterocycles. The maximum Gasteiger partial charge on any atom is 0.245 e. The number of carbonyl (C=O) groups is 2. The maximum atomic E-state index is 14.1. The fourth-order valence-corrected chi connectivity index (χ4v) is 7.11. The summed E-state index contributed by atoms with van der Waals surface area (Å²) in [6.07, 6.45) is 0.708. The molecular weight excluding hydrogens is 605 g/mol. The molecule has 3 atom stereocenters. The SMILES string of the molecule is CCN(CC)CC(c1ccccc1Cl)N1CCN(C(=O)C(Cc2ccc(Cl)cc2)NC(=O)CC2c3ccccc3CN2C)CC1. The lowest BCUT2D eigenvalue weighted by atomic mass is 10.0. The Hall–Kier alpha value is -2.94. The predicted octanol–water partition coefficient (Wildman–Crippen LogP) is 5.82. The average molecular weight is 651 g/mol. The monoisotopic (exact) mass is 649 g/mol. The molecule has 0 radical (unpaired) electrons. The van der Waals surface area contributed by atoms with Crippen molar-refractivity contribution in [2.45, 2.75) is 51.4 Å². The Bertz CT molecular complexity index is 1440. The van der Waals surface area contributed by atoms with E-state index < -0.39 is 6.04 Å². The first-order valence-electron chi connectivity index (χ1n) is 16.1. The molecule has 7 nitrogen and oxygen atoms in total. The number of amides is 2. The topological polar surface area (TPSA) is 59.1 Å². The summed E-state index contributed by atoms with van der Waals surface area (Å²) in [5.74, 6) is -0.163. The number of hydrogen-bond donors (Lipinski definition) is 1. The minimum Gasteiger partial charge on any atom is -0.344 e. The third-order valence-corrected chi connectivity index (χ3v) is 9.98. The Kier molecular flexibility index (Phi) is 11.6. The van der Waals surface area contributed by atoms with E-state index in [-0.39, 0.29) is 23.9 Å². The van der Waals surface area contributed by atoms with Crippen molar-refractivity contribution >= 4 is 35.0 Å². The molecule has 3 aromatic carbocycles. The van der Waals surface area contributed by atoms with Gasteiger partial charge in [0.05, 0.1) is 0 Å². The molecule has 3 unspecified atom stereocenters. The third-order valence-electron chi connectivity index (χ3n) is 9.39. The molecule has 0 aromatic heterocycles. The van der Waals surface area contributed by atoms with Gasteiger partial charge in [-0.2, -0.15) is 0 Å². The molecule has 0 aliphatic carbocycles. The Balaban J connectivity index is 1.29. The van der Waals surface area contributed by atoms with Crippen molar-refractivity contribution in [3.63, 3.8) is 0 Å². The number of benzene rings is 3. The molecule has 2 aliphatic rings. The van der Waals surface area contributed by atoms with Crippen LogP contribution >= 0.6 is 23.2 Å². The lowest BCUT2D eigenvalue weighted by Gasteiger charge is -2.42. The highest BCUT2D eigenvalue weighted by Crippen LogP contribution is 2.34. The van der Waals surface area contributed by atoms with E-state index in [0.717, 1.165) is 55.4 Å². The molecule has 45 heavy (non-hydrogen) atoms. The number of piperazine rings is 1. The number of nitrogens with zero attached hydrogens (tertiary/aromatic N) is 4. The van der Waals surface area contributed by atoms with Crippen molar-refractivity contribution in [1.29, 1.82) is 0 Å². The van der Waals surface area contributed by atoms with Gasteiger partial charge in [0, 0.05) is 74.2 Å². The number of carbonyl (C=O) groups excluding carboxylic acids is 2. The summed E-state index contributed by atoms with van der Waals surface area (Å²) in [5.41, 5.74) is 4.51. The minimum absolute atomic E-state index is 0.0106. The molecular formula is C36H45Cl2N5O2. The molecule has 5 rings (SSSR count). The Morgan fingerprint density at radius 1 is 0.911 bits per heavy atom. The van der Waals surface area contributed by atoms with Crippen molar-refractivity contribution in [2.24, 2.45) is 0 Å². The van der Waals surface area contributed by atoms with Crippen LogP contribution in [-0.2, 0) is 22.6 Å². The lowest BCUT2D eigenvalue weighted by molar-refractivity contribution is -0.138. The van der Waals surface area contributed by atoms with Crippen LogP contribution < -0.4 is 5.32 Å². The Morgan fingerprint density at radius 2 is 1.58 bits per heavy atom. The van der Waals surface area contributed by atoms with Crippen molar-refractivity contribution in [2.75, 3.05) is 52.9 Å². The van der Waals surface area contributed by atoms with Gasteiger partial charge in [0.15, 0.2) is 0 Å². The number of halogens is 2. The van der Waals surface area contributed by atoms with Gasteiger partial charge in [-0.1, -0.05) is 91.6 Å². The van der Waals surface area contributed by atoms with Crippen LogP contribution in [-0.4, -0.2) is 90.3 Å². The van der Waals surface area contributed by atoms with Gasteiger partial charge >= 0.3 is 0 Å². The predicted molar refractivity (Wildman–Crippen MR) is 182 cm³/mol. The first-order valence-corrected chi connectivity index (χ1v) is 16.8. The van der Waals surface area contributed by atoms with Gasteiger partial charge in [0.25, 0.3) is 0 Å². The van der Waals surface area contributed by atoms with Crippen LogP contribution in [0.2, 0.25) is 10.0 Å². The highest BCUT2D eigenvalue weighted by molar-refractivity contribution is 6.31. The molecule has 1 saturated heterocycles. The Labute approximate surface area is 278 Å². The number of likely N-dealkylation sites (N-methyl/N-ethyl adjacent to an activating group) is 1. The molecule has 0 bridgehead atoms. The zero-order valence-electron chi connectivity index (χ0n) is 26.6. The van der Waals surface area contributed by atoms with Crippen LogP contribution in [0.4, 0.5) is 0 Å². The summed E-state index contributed by atoms with van der Waals surface area (Å²) in [6, 6.07) is 23.3. The van der Waals surface area contributed by atoms with E-state index in [1.54, 1.807) is 0 Å². The van der Waals surface area contributed by atoms with Gasteiger partial charge < -0.3 is 15.1 Å². The van der Waals surface area contributed by atoms with Crippen molar-refractivity contribution in [1.82, 2.24) is 24.9 Å². The van der Waals surface area contributed by atoms with Crippen LogP contribution in [0.3, 0.4) is 0 Å². The van der Waals surface area contributed by atoms with Crippen LogP contribution in [0, 0.1) is 0 Å². The second kappa shape index (κ2) is 15.6. The summed E-state index contributed by atoms with van der Waals surface area (Å²) in [7, 11) is 2.05. The highest BCUT2D eigenvalue weighted by Gasteiger charge is 2.34. The zero-order chi connectivity index (χ0) is 31.9. The van der Waals surface area contributed by atoms with E-state index in [1.807, 2.05) is 66.5 Å². The largest absolute Gasteiger partial charge is 0.344 e. The van der Waals surface area contributed by atoms with E-state index in [1.165, 1.54) is 11.1 Å². The minimum atomic E-state index is -0.665. The van der Waals surface area contributed by atoms with Crippen LogP contribution in [0.15, 0.2) is 72.8 Å². The smallest absolute Gasteiger partial charge is 0.245 e. The number of fused-ring (bicyclic) bond motifs is 1. The quantitative estimate of drug-likeness (QED) is 0.268. The normalized spacial score (nSPS) is 18.5. The first-order chi connectivity index (χ1) is 21.8. The average Bonchev–Trinajstić information content (AvgIpc) is 3.37. The molecule has 2 amide bonds. The highest BCUT2D eigenvalue weighted by atomic mass is 35.5. The summed E-state index contributed by atoms with van der Waals surface area (Å²) in [5, 5.41) is 4.55. The molecule has 240 valence electrons. The fourth-order valence-electron chi connectivity index (χ4n) is 6.73. The number of rotatable bonds is 12. The van der Waals surface area contributed by atoms with E-state index in [4.69, 9.17) is 23.2 Å². The molecule has 1 fully saturated rings. The first kappa shape index (κ1) is 33.4. The molecule has 2 aliphatic heterocycles. The second-order valence-corrected chi connectivity index (χ2v) is 13.0. The second-order valence-electron chi connectivity index (χ2n) is 12.2. The van der Waals surface area contributed by atoms with Gasteiger partial charge in [-0.3, -0.25) is 19.4 Å². The van der Waals surface area contributed by atoms with Gasteiger partial charge in [-0.05, 0) is 60.6 Å². The number of hydrogen-bond acceptors (Lipinski definition) is 5. The maximum absolute atomic E-state index is 14.1. The number of nitrogens with one attached hydrogen (secondary N) is 1. The molecule has 1 N–H and O–H groups in total. The van der Waals surface area contributed by atoms with E-state index >= 15 is 0 Å². The van der Waals surface area contributed by atoms with Gasteiger partial charge in [0.2, 0.25) is 11.8 Å². The summed E-state index contributed by atoms with van der Waals surface area (Å²) < 4.78 is 0. The van der Waals surface area contributed by atoms with Crippen LogP contribution in [0.5, 0.6) is 0 Å². The third kappa shape index (κ3) is 8.27. The van der Waals surface area contributed by atoms with E-state index in [2.05, 4.69) is 52.1 Å². The van der Waals surface area contributed by atoms with Crippen molar-refractivity contribution < 1.29 is 9.59 Å². The summed E-state index contributed by atoms with van der Waals surface area (Å²) in [6.45, 7) is 10.6. The fraction of sp³-hybridized carbons (Fsp3) is 0.444.